The number of benzene rings is 2. The highest BCUT2D eigenvalue weighted by atomic mass is 16.6. The quantitative estimate of drug-likeness (QED) is 0.247. The molecule has 0 bridgehead atoms. The fourth-order valence-corrected chi connectivity index (χ4v) is 2.26. The van der Waals surface area contributed by atoms with Crippen molar-refractivity contribution in [1.29, 1.82) is 5.26 Å². The van der Waals surface area contributed by atoms with Gasteiger partial charge in [0.2, 0.25) is 0 Å². The molecule has 6 heteroatoms. The normalized spacial score (nSPS) is 10.5. The minimum atomic E-state index is -0.497. The van der Waals surface area contributed by atoms with E-state index in [1.54, 1.807) is 36.4 Å². The van der Waals surface area contributed by atoms with Gasteiger partial charge in [-0.05, 0) is 36.3 Å². The van der Waals surface area contributed by atoms with Crippen molar-refractivity contribution in [3.8, 4) is 29.9 Å². The molecule has 0 aliphatic carbocycles. The van der Waals surface area contributed by atoms with Crippen molar-refractivity contribution in [2.24, 2.45) is 0 Å². The van der Waals surface area contributed by atoms with E-state index in [2.05, 4.69) is 12.0 Å². The molecular formula is C20H16N2O4. The summed E-state index contributed by atoms with van der Waals surface area (Å²) >= 11 is 0. The number of rotatable bonds is 7. The summed E-state index contributed by atoms with van der Waals surface area (Å²) in [6.45, 7) is 2.40. The molecule has 0 aromatic heterocycles. The van der Waals surface area contributed by atoms with Gasteiger partial charge in [-0.2, -0.15) is 5.26 Å². The van der Waals surface area contributed by atoms with Crippen LogP contribution in [0.3, 0.4) is 0 Å². The van der Waals surface area contributed by atoms with Crippen molar-refractivity contribution >= 4 is 17.3 Å². The molecule has 0 saturated heterocycles. The van der Waals surface area contributed by atoms with Crippen LogP contribution in [-0.2, 0) is 0 Å². The summed E-state index contributed by atoms with van der Waals surface area (Å²) in [5.41, 5.74) is 1.39. The smallest absolute Gasteiger partial charge is 0.270 e. The average Bonchev–Trinajstić information content (AvgIpc) is 2.65. The lowest BCUT2D eigenvalue weighted by atomic mass is 10.0. The first-order chi connectivity index (χ1) is 12.6. The topological polar surface area (TPSA) is 85.4 Å². The van der Waals surface area contributed by atoms with E-state index >= 15 is 0 Å². The summed E-state index contributed by atoms with van der Waals surface area (Å²) < 4.78 is 11.0. The summed E-state index contributed by atoms with van der Waals surface area (Å²) in [5.74, 6) is 3.41. The predicted molar refractivity (Wildman–Crippen MR) is 98.5 cm³/mol. The van der Waals surface area contributed by atoms with Gasteiger partial charge in [-0.25, -0.2) is 0 Å². The highest BCUT2D eigenvalue weighted by molar-refractivity contribution is 5.90. The Kier molecular flexibility index (Phi) is 6.36. The SMILES string of the molecule is C#CCOc1ccc(C=C(C#N)c2cccc([N+](=O)[O-])c2)cc1OCC. The fraction of sp³-hybridized carbons (Fsp3) is 0.150. The number of terminal acetylenes is 1. The lowest BCUT2D eigenvalue weighted by Gasteiger charge is -2.11. The van der Waals surface area contributed by atoms with Gasteiger partial charge in [0, 0.05) is 12.1 Å². The molecule has 130 valence electrons. The second-order valence-electron chi connectivity index (χ2n) is 5.11. The van der Waals surface area contributed by atoms with Gasteiger partial charge < -0.3 is 9.47 Å². The maximum Gasteiger partial charge on any atom is 0.270 e. The van der Waals surface area contributed by atoms with Gasteiger partial charge in [-0.3, -0.25) is 10.1 Å². The molecule has 0 saturated carbocycles. The zero-order valence-electron chi connectivity index (χ0n) is 14.1. The first kappa shape index (κ1) is 18.6. The molecule has 0 amide bonds. The Hall–Kier alpha value is -3.77. The molecule has 2 rings (SSSR count). The van der Waals surface area contributed by atoms with Gasteiger partial charge in [0.05, 0.1) is 23.2 Å². The molecule has 0 radical (unpaired) electrons. The Morgan fingerprint density at radius 1 is 1.27 bits per heavy atom. The minimum absolute atomic E-state index is 0.0725. The van der Waals surface area contributed by atoms with Crippen LogP contribution in [0.5, 0.6) is 11.5 Å². The first-order valence-corrected chi connectivity index (χ1v) is 7.78. The summed E-state index contributed by atoms with van der Waals surface area (Å²) in [4.78, 5) is 10.4. The van der Waals surface area contributed by atoms with Crippen LogP contribution in [-0.4, -0.2) is 18.1 Å². The van der Waals surface area contributed by atoms with E-state index < -0.39 is 4.92 Å². The third-order valence-electron chi connectivity index (χ3n) is 3.38. The van der Waals surface area contributed by atoms with Crippen LogP contribution in [0.2, 0.25) is 0 Å². The number of ether oxygens (including phenoxy) is 2. The van der Waals surface area contributed by atoms with E-state index in [-0.39, 0.29) is 12.3 Å². The van der Waals surface area contributed by atoms with Gasteiger partial charge in [-0.15, -0.1) is 6.42 Å². The molecule has 2 aromatic carbocycles. The predicted octanol–water partition coefficient (Wildman–Crippen LogP) is 4.07. The van der Waals surface area contributed by atoms with E-state index in [4.69, 9.17) is 15.9 Å². The molecule has 6 nitrogen and oxygen atoms in total. The lowest BCUT2D eigenvalue weighted by Crippen LogP contribution is -1.99. The van der Waals surface area contributed by atoms with Crippen LogP contribution in [0, 0.1) is 33.8 Å². The number of nitrogens with zero attached hydrogens (tertiary/aromatic N) is 2. The molecular weight excluding hydrogens is 332 g/mol. The highest BCUT2D eigenvalue weighted by Crippen LogP contribution is 2.30. The molecule has 2 aromatic rings. The Labute approximate surface area is 151 Å². The number of nitro benzene ring substituents is 1. The number of hydrogen-bond donors (Lipinski definition) is 0. The first-order valence-electron chi connectivity index (χ1n) is 7.78. The molecule has 0 atom stereocenters. The maximum atomic E-state index is 10.9. The number of allylic oxidation sites excluding steroid dienone is 1. The molecule has 26 heavy (non-hydrogen) atoms. The average molecular weight is 348 g/mol. The molecule has 0 fully saturated rings. The van der Waals surface area contributed by atoms with Gasteiger partial charge in [-0.1, -0.05) is 24.1 Å². The second-order valence-corrected chi connectivity index (χ2v) is 5.11. The Bertz CT molecular complexity index is 920. The number of nitriles is 1. The lowest BCUT2D eigenvalue weighted by molar-refractivity contribution is -0.384. The Morgan fingerprint density at radius 3 is 2.73 bits per heavy atom. The maximum absolute atomic E-state index is 10.9. The zero-order chi connectivity index (χ0) is 18.9. The van der Waals surface area contributed by atoms with E-state index in [0.29, 0.717) is 34.8 Å². The van der Waals surface area contributed by atoms with E-state index in [9.17, 15) is 15.4 Å². The van der Waals surface area contributed by atoms with Crippen LogP contribution in [0.15, 0.2) is 42.5 Å². The number of hydrogen-bond acceptors (Lipinski definition) is 5. The highest BCUT2D eigenvalue weighted by Gasteiger charge is 2.10. The van der Waals surface area contributed by atoms with Gasteiger partial charge >= 0.3 is 0 Å². The molecule has 0 unspecified atom stereocenters. The summed E-state index contributed by atoms with van der Waals surface area (Å²) in [7, 11) is 0. The third-order valence-corrected chi connectivity index (χ3v) is 3.38. The van der Waals surface area contributed by atoms with E-state index in [0.717, 1.165) is 0 Å². The van der Waals surface area contributed by atoms with Crippen molar-refractivity contribution in [1.82, 2.24) is 0 Å². The summed E-state index contributed by atoms with van der Waals surface area (Å²) in [6, 6.07) is 13.2. The molecule has 0 spiro atoms. The third kappa shape index (κ3) is 4.62. The molecule has 0 aliphatic heterocycles. The minimum Gasteiger partial charge on any atom is -0.490 e. The van der Waals surface area contributed by atoms with Gasteiger partial charge in [0.15, 0.2) is 11.5 Å². The Morgan fingerprint density at radius 2 is 2.08 bits per heavy atom. The van der Waals surface area contributed by atoms with Crippen LogP contribution in [0.4, 0.5) is 5.69 Å². The fourth-order valence-electron chi connectivity index (χ4n) is 2.26. The standard InChI is InChI=1S/C20H16N2O4/c1-3-10-26-19-9-8-15(12-20(19)25-4-2)11-17(14-21)16-6-5-7-18(13-16)22(23)24/h1,5-9,11-13H,4,10H2,2H3. The monoisotopic (exact) mass is 348 g/mol. The van der Waals surface area contributed by atoms with E-state index in [1.807, 2.05) is 6.92 Å². The molecule has 0 aliphatic rings. The second kappa shape index (κ2) is 8.91. The van der Waals surface area contributed by atoms with Crippen molar-refractivity contribution in [3.63, 3.8) is 0 Å². The largest absolute Gasteiger partial charge is 0.490 e. The summed E-state index contributed by atoms with van der Waals surface area (Å²) in [5, 5.41) is 20.4. The number of non-ortho nitro benzene ring substituents is 1. The zero-order valence-corrected chi connectivity index (χ0v) is 14.1. The molecule has 0 N–H and O–H groups in total. The van der Waals surface area contributed by atoms with Gasteiger partial charge in [0.1, 0.15) is 6.61 Å². The van der Waals surface area contributed by atoms with Crippen molar-refractivity contribution in [2.45, 2.75) is 6.92 Å². The van der Waals surface area contributed by atoms with Crippen LogP contribution in [0.25, 0.3) is 11.6 Å². The van der Waals surface area contributed by atoms with Crippen LogP contribution in [0.1, 0.15) is 18.1 Å². The van der Waals surface area contributed by atoms with Crippen molar-refractivity contribution < 1.29 is 14.4 Å². The number of nitro groups is 1. The molecule has 0 heterocycles. The van der Waals surface area contributed by atoms with E-state index in [1.165, 1.54) is 12.1 Å². The van der Waals surface area contributed by atoms with Crippen LogP contribution >= 0.6 is 0 Å². The van der Waals surface area contributed by atoms with Crippen LogP contribution < -0.4 is 9.47 Å². The van der Waals surface area contributed by atoms with Gasteiger partial charge in [0.25, 0.3) is 5.69 Å². The van der Waals surface area contributed by atoms with Crippen molar-refractivity contribution in [2.75, 3.05) is 13.2 Å². The Balaban J connectivity index is 2.41. The summed E-state index contributed by atoms with van der Waals surface area (Å²) in [6.07, 6.45) is 6.83. The van der Waals surface area contributed by atoms with Crippen molar-refractivity contribution in [3.05, 3.63) is 63.7 Å².